The zero-order valence-electron chi connectivity index (χ0n) is 12.8. The van der Waals surface area contributed by atoms with E-state index < -0.39 is 31.1 Å². The average Bonchev–Trinajstić information content (AvgIpc) is 3.19. The monoisotopic (exact) mass is 355 g/mol. The maximum Gasteiger partial charge on any atom is 0.304 e. The van der Waals surface area contributed by atoms with Gasteiger partial charge in [-0.15, -0.1) is 0 Å². The number of furan rings is 1. The number of aliphatic hydroxyl groups excluding tert-OH is 3. The third kappa shape index (κ3) is 3.47. The summed E-state index contributed by atoms with van der Waals surface area (Å²) in [4.78, 5) is 12.0. The maximum atomic E-state index is 10.1. The fourth-order valence-corrected chi connectivity index (χ4v) is 2.37. The molecule has 1 aliphatic rings. The normalized spacial score (nSPS) is 25.9. The first-order valence-corrected chi connectivity index (χ1v) is 7.24. The van der Waals surface area contributed by atoms with Crippen LogP contribution in [-0.4, -0.2) is 54.8 Å². The van der Waals surface area contributed by atoms with E-state index in [1.165, 1.54) is 17.0 Å². The predicted octanol–water partition coefficient (Wildman–Crippen LogP) is -2.21. The smallest absolute Gasteiger partial charge is 0.304 e. The van der Waals surface area contributed by atoms with Gasteiger partial charge in [0.05, 0.1) is 6.61 Å². The predicted molar refractivity (Wildman–Crippen MR) is 76.7 cm³/mol. The van der Waals surface area contributed by atoms with E-state index >= 15 is 0 Å². The molecule has 1 fully saturated rings. The molecule has 0 saturated carbocycles. The van der Waals surface area contributed by atoms with E-state index in [4.69, 9.17) is 25.2 Å². The van der Waals surface area contributed by atoms with Crippen LogP contribution < -0.4 is 21.1 Å². The van der Waals surface area contributed by atoms with Crippen LogP contribution in [0.25, 0.3) is 0 Å². The Morgan fingerprint density at radius 1 is 1.32 bits per heavy atom. The van der Waals surface area contributed by atoms with Crippen molar-refractivity contribution >= 4 is 0 Å². The zero-order valence-corrected chi connectivity index (χ0v) is 12.8. The van der Waals surface area contributed by atoms with Crippen molar-refractivity contribution in [2.45, 2.75) is 31.1 Å². The zero-order chi connectivity index (χ0) is 18.0. The number of ether oxygens (including phenoxy) is 2. The number of nitrogens with one attached hydrogen (secondary N) is 1. The van der Waals surface area contributed by atoms with E-state index in [9.17, 15) is 15.3 Å². The molecule has 12 heteroatoms. The van der Waals surface area contributed by atoms with E-state index in [0.717, 1.165) is 0 Å². The molecule has 0 aliphatic carbocycles. The molecule has 4 atom stereocenters. The van der Waals surface area contributed by atoms with Gasteiger partial charge in [0.1, 0.15) is 37.0 Å². The van der Waals surface area contributed by atoms with E-state index in [2.05, 4.69) is 14.8 Å². The molecule has 0 bridgehead atoms. The van der Waals surface area contributed by atoms with Gasteiger partial charge in [0.2, 0.25) is 5.62 Å². The molecule has 2 aromatic heterocycles. The van der Waals surface area contributed by atoms with Crippen LogP contribution in [0.5, 0.6) is 12.0 Å². The standard InChI is InChI=1S/C13H17N5O7/c14-12-16-5-18(11-10(21)9(20)7(3-19)24-11)13(17-12)22-4-6-1-2-8(23-6)25-15/h1-2,5,7,9-11,14,19-21H,3-4,15H2. The number of nitrogens with two attached hydrogens (primary N) is 1. The second kappa shape index (κ2) is 7.16. The molecule has 1 aliphatic heterocycles. The number of rotatable bonds is 6. The van der Waals surface area contributed by atoms with Crippen molar-refractivity contribution in [3.8, 4) is 12.0 Å². The molecular weight excluding hydrogens is 338 g/mol. The van der Waals surface area contributed by atoms with Gasteiger partial charge in [-0.05, 0) is 6.07 Å². The summed E-state index contributed by atoms with van der Waals surface area (Å²) >= 11 is 0. The van der Waals surface area contributed by atoms with Crippen molar-refractivity contribution in [2.75, 3.05) is 6.61 Å². The van der Waals surface area contributed by atoms with Crippen LogP contribution in [0.4, 0.5) is 0 Å². The van der Waals surface area contributed by atoms with Gasteiger partial charge < -0.3 is 34.0 Å². The number of nitrogens with zero attached hydrogens (tertiary/aromatic N) is 3. The van der Waals surface area contributed by atoms with Crippen LogP contribution in [0, 0.1) is 5.41 Å². The molecule has 25 heavy (non-hydrogen) atoms. The number of aliphatic hydroxyl groups is 3. The minimum absolute atomic E-state index is 0.0748. The molecule has 0 amide bonds. The first kappa shape index (κ1) is 17.3. The summed E-state index contributed by atoms with van der Waals surface area (Å²) in [6, 6.07) is 2.97. The van der Waals surface area contributed by atoms with Gasteiger partial charge >= 0.3 is 12.0 Å². The Labute approximate surface area is 140 Å². The van der Waals surface area contributed by atoms with Crippen LogP contribution in [0.3, 0.4) is 0 Å². The summed E-state index contributed by atoms with van der Waals surface area (Å²) in [7, 11) is 0. The molecule has 2 aromatic rings. The fourth-order valence-electron chi connectivity index (χ4n) is 2.37. The molecule has 136 valence electrons. The van der Waals surface area contributed by atoms with Crippen molar-refractivity contribution in [2.24, 2.45) is 5.90 Å². The molecule has 3 heterocycles. The lowest BCUT2D eigenvalue weighted by molar-refractivity contribution is -0.0581. The minimum Gasteiger partial charge on any atom is -0.456 e. The van der Waals surface area contributed by atoms with Crippen molar-refractivity contribution in [3.63, 3.8) is 0 Å². The third-order valence-corrected chi connectivity index (χ3v) is 3.61. The topological polar surface area (TPSA) is 182 Å². The fraction of sp³-hybridized carbons (Fsp3) is 0.462. The molecule has 0 aromatic carbocycles. The molecule has 1 saturated heterocycles. The molecule has 12 nitrogen and oxygen atoms in total. The van der Waals surface area contributed by atoms with Crippen molar-refractivity contribution < 1.29 is 34.0 Å². The highest BCUT2D eigenvalue weighted by molar-refractivity contribution is 5.11. The van der Waals surface area contributed by atoms with Crippen molar-refractivity contribution in [3.05, 3.63) is 29.8 Å². The second-order valence-corrected chi connectivity index (χ2v) is 5.23. The second-order valence-electron chi connectivity index (χ2n) is 5.23. The first-order chi connectivity index (χ1) is 12.0. The molecule has 3 rings (SSSR count). The molecule has 0 radical (unpaired) electrons. The number of hydrogen-bond acceptors (Lipinski definition) is 11. The molecule has 4 unspecified atom stereocenters. The van der Waals surface area contributed by atoms with Gasteiger partial charge in [0.25, 0.3) is 0 Å². The number of aromatic nitrogens is 3. The van der Waals surface area contributed by atoms with E-state index in [1.807, 2.05) is 0 Å². The lowest BCUT2D eigenvalue weighted by Crippen LogP contribution is -2.33. The first-order valence-electron chi connectivity index (χ1n) is 7.24. The summed E-state index contributed by atoms with van der Waals surface area (Å²) < 4.78 is 17.3. The Bertz CT molecular complexity index is 778. The van der Waals surface area contributed by atoms with Gasteiger partial charge in [-0.3, -0.25) is 9.98 Å². The Morgan fingerprint density at radius 3 is 2.76 bits per heavy atom. The summed E-state index contributed by atoms with van der Waals surface area (Å²) in [6.45, 7) is -0.550. The van der Waals surface area contributed by atoms with Gasteiger partial charge in [0, 0.05) is 6.07 Å². The lowest BCUT2D eigenvalue weighted by atomic mass is 10.1. The third-order valence-electron chi connectivity index (χ3n) is 3.61. The Balaban J connectivity index is 1.82. The molecule has 6 N–H and O–H groups in total. The van der Waals surface area contributed by atoms with Crippen molar-refractivity contribution in [1.29, 1.82) is 5.41 Å². The summed E-state index contributed by atoms with van der Waals surface area (Å²) in [6.07, 6.45) is -3.51. The average molecular weight is 355 g/mol. The summed E-state index contributed by atoms with van der Waals surface area (Å²) in [5.74, 6) is 5.45. The van der Waals surface area contributed by atoms with E-state index in [1.54, 1.807) is 6.07 Å². The van der Waals surface area contributed by atoms with Crippen LogP contribution in [0.2, 0.25) is 0 Å². The maximum absolute atomic E-state index is 10.1. The van der Waals surface area contributed by atoms with Gasteiger partial charge in [-0.25, -0.2) is 4.98 Å². The van der Waals surface area contributed by atoms with Gasteiger partial charge in [-0.1, -0.05) is 0 Å². The highest BCUT2D eigenvalue weighted by atomic mass is 16.7. The highest BCUT2D eigenvalue weighted by Gasteiger charge is 2.44. The highest BCUT2D eigenvalue weighted by Crippen LogP contribution is 2.31. The van der Waals surface area contributed by atoms with Crippen molar-refractivity contribution in [1.82, 2.24) is 14.5 Å². The van der Waals surface area contributed by atoms with Gasteiger partial charge in [0.15, 0.2) is 6.23 Å². The van der Waals surface area contributed by atoms with Crippen LogP contribution in [0.15, 0.2) is 22.9 Å². The lowest BCUT2D eigenvalue weighted by Gasteiger charge is -2.20. The van der Waals surface area contributed by atoms with Gasteiger partial charge in [-0.2, -0.15) is 10.9 Å². The number of hydrogen-bond donors (Lipinski definition) is 5. The SMILES string of the molecule is N=c1ncn(C2OC(CO)C(O)C2O)c(OCc2ccc(ON)o2)n1. The largest absolute Gasteiger partial charge is 0.456 e. The minimum atomic E-state index is -1.34. The molecule has 0 spiro atoms. The Kier molecular flexibility index (Phi) is 4.96. The molecular formula is C13H17N5O7. The van der Waals surface area contributed by atoms with Crippen LogP contribution in [-0.2, 0) is 11.3 Å². The summed E-state index contributed by atoms with van der Waals surface area (Å²) in [5, 5.41) is 36.7. The van der Waals surface area contributed by atoms with E-state index in [0.29, 0.717) is 5.76 Å². The summed E-state index contributed by atoms with van der Waals surface area (Å²) in [5.41, 5.74) is -0.316. The Morgan fingerprint density at radius 2 is 2.12 bits per heavy atom. The Hall–Kier alpha value is -2.51. The quantitative estimate of drug-likeness (QED) is 0.356. The van der Waals surface area contributed by atoms with Crippen LogP contribution >= 0.6 is 0 Å². The van der Waals surface area contributed by atoms with E-state index in [-0.39, 0.29) is 24.2 Å². The van der Waals surface area contributed by atoms with Crippen LogP contribution in [0.1, 0.15) is 12.0 Å².